The van der Waals surface area contributed by atoms with Gasteiger partial charge < -0.3 is 14.8 Å². The van der Waals surface area contributed by atoms with Gasteiger partial charge in [0, 0.05) is 5.69 Å². The molecule has 0 fully saturated rings. The van der Waals surface area contributed by atoms with Crippen LogP contribution in [0.2, 0.25) is 0 Å². The average Bonchev–Trinajstić information content (AvgIpc) is 2.54. The number of ether oxygens (including phenoxy) is 2. The van der Waals surface area contributed by atoms with Gasteiger partial charge in [0.15, 0.2) is 13.2 Å². The lowest BCUT2D eigenvalue weighted by atomic mass is 10.2. The summed E-state index contributed by atoms with van der Waals surface area (Å²) in [5.74, 6) is -1.18. The summed E-state index contributed by atoms with van der Waals surface area (Å²) in [6.07, 6.45) is 0. The summed E-state index contributed by atoms with van der Waals surface area (Å²) in [6, 6.07) is 12.5. The highest BCUT2D eigenvalue weighted by Gasteiger charge is 2.09. The van der Waals surface area contributed by atoms with Gasteiger partial charge in [-0.15, -0.1) is 0 Å². The normalized spacial score (nSPS) is 10.0. The second-order valence-corrected chi connectivity index (χ2v) is 4.77. The zero-order chi connectivity index (χ0) is 16.7. The monoisotopic (exact) mass is 317 g/mol. The number of esters is 1. The zero-order valence-corrected chi connectivity index (χ0v) is 12.5. The summed E-state index contributed by atoms with van der Waals surface area (Å²) in [5.41, 5.74) is 1.57. The third-order valence-corrected chi connectivity index (χ3v) is 2.95. The van der Waals surface area contributed by atoms with E-state index in [2.05, 4.69) is 5.32 Å². The first-order valence-electron chi connectivity index (χ1n) is 6.94. The molecular weight excluding hydrogens is 301 g/mol. The van der Waals surface area contributed by atoms with Crippen molar-refractivity contribution in [3.8, 4) is 5.75 Å². The van der Waals surface area contributed by atoms with Crippen LogP contribution in [0, 0.1) is 12.7 Å². The summed E-state index contributed by atoms with van der Waals surface area (Å²) < 4.78 is 22.6. The molecule has 5 nitrogen and oxygen atoms in total. The molecule has 0 saturated carbocycles. The van der Waals surface area contributed by atoms with Crippen molar-refractivity contribution in [1.82, 2.24) is 0 Å². The van der Waals surface area contributed by atoms with Crippen LogP contribution < -0.4 is 10.1 Å². The van der Waals surface area contributed by atoms with E-state index in [1.807, 2.05) is 19.1 Å². The smallest absolute Gasteiger partial charge is 0.344 e. The summed E-state index contributed by atoms with van der Waals surface area (Å²) >= 11 is 0. The van der Waals surface area contributed by atoms with Crippen molar-refractivity contribution in [3.05, 3.63) is 59.9 Å². The molecule has 23 heavy (non-hydrogen) atoms. The van der Waals surface area contributed by atoms with Crippen molar-refractivity contribution < 1.29 is 23.5 Å². The van der Waals surface area contributed by atoms with E-state index in [4.69, 9.17) is 9.47 Å². The summed E-state index contributed by atoms with van der Waals surface area (Å²) in [6.45, 7) is 1.10. The fraction of sp³-hybridized carbons (Fsp3) is 0.176. The number of carbonyl (C=O) groups is 2. The molecule has 1 N–H and O–H groups in total. The molecule has 2 rings (SSSR count). The number of amides is 1. The van der Waals surface area contributed by atoms with Crippen molar-refractivity contribution in [2.24, 2.45) is 0 Å². The fourth-order valence-corrected chi connectivity index (χ4v) is 1.76. The first-order valence-corrected chi connectivity index (χ1v) is 6.94. The highest BCUT2D eigenvalue weighted by Crippen LogP contribution is 2.13. The number of halogens is 1. The molecule has 0 unspecified atom stereocenters. The van der Waals surface area contributed by atoms with Gasteiger partial charge in [-0.25, -0.2) is 9.18 Å². The Morgan fingerprint density at radius 2 is 1.74 bits per heavy atom. The molecule has 6 heteroatoms. The molecule has 0 aliphatic heterocycles. The molecule has 120 valence electrons. The minimum absolute atomic E-state index is 0.340. The Bertz CT molecular complexity index is 685. The molecule has 0 spiro atoms. The summed E-state index contributed by atoms with van der Waals surface area (Å²) in [7, 11) is 0. The van der Waals surface area contributed by atoms with E-state index < -0.39 is 24.3 Å². The average molecular weight is 317 g/mol. The second-order valence-electron chi connectivity index (χ2n) is 4.77. The van der Waals surface area contributed by atoms with Crippen molar-refractivity contribution in [2.45, 2.75) is 6.92 Å². The molecule has 0 aliphatic carbocycles. The third kappa shape index (κ3) is 5.43. The molecule has 0 atom stereocenters. The largest absolute Gasteiger partial charge is 0.482 e. The van der Waals surface area contributed by atoms with Crippen LogP contribution in [0.5, 0.6) is 5.75 Å². The number of aryl methyl sites for hydroxylation is 1. The Labute approximate surface area is 133 Å². The Morgan fingerprint density at radius 3 is 2.43 bits per heavy atom. The minimum Gasteiger partial charge on any atom is -0.482 e. The van der Waals surface area contributed by atoms with Crippen LogP contribution in [0.15, 0.2) is 48.5 Å². The number of nitrogens with one attached hydrogen (secondary N) is 1. The highest BCUT2D eigenvalue weighted by atomic mass is 19.1. The van der Waals surface area contributed by atoms with Gasteiger partial charge in [0.05, 0.1) is 0 Å². The predicted molar refractivity (Wildman–Crippen MR) is 82.7 cm³/mol. The number of rotatable bonds is 6. The SMILES string of the molecule is Cc1ccccc1NC(=O)COC(=O)COc1ccc(F)cc1. The maximum absolute atomic E-state index is 12.7. The first-order chi connectivity index (χ1) is 11.0. The number of anilines is 1. The van der Waals surface area contributed by atoms with Crippen LogP contribution in [0.4, 0.5) is 10.1 Å². The minimum atomic E-state index is -0.686. The maximum atomic E-state index is 12.7. The second kappa shape index (κ2) is 7.93. The van der Waals surface area contributed by atoms with Gasteiger partial charge in [0.25, 0.3) is 5.91 Å². The van der Waals surface area contributed by atoms with Crippen LogP contribution in [-0.4, -0.2) is 25.1 Å². The van der Waals surface area contributed by atoms with E-state index >= 15 is 0 Å². The van der Waals surface area contributed by atoms with Crippen LogP contribution in [0.25, 0.3) is 0 Å². The molecule has 2 aromatic rings. The molecule has 0 saturated heterocycles. The van der Waals surface area contributed by atoms with Crippen LogP contribution in [0.1, 0.15) is 5.56 Å². The van der Waals surface area contributed by atoms with Gasteiger partial charge >= 0.3 is 5.97 Å². The standard InChI is InChI=1S/C17H16FNO4/c1-12-4-2-3-5-15(12)19-16(20)10-23-17(21)11-22-14-8-6-13(18)7-9-14/h2-9H,10-11H2,1H3,(H,19,20). The van der Waals surface area contributed by atoms with Gasteiger partial charge in [-0.05, 0) is 42.8 Å². The molecule has 0 aliphatic rings. The number of benzene rings is 2. The van der Waals surface area contributed by atoms with E-state index in [1.165, 1.54) is 24.3 Å². The third-order valence-electron chi connectivity index (χ3n) is 2.95. The Hall–Kier alpha value is -2.89. The zero-order valence-electron chi connectivity index (χ0n) is 12.5. The van der Waals surface area contributed by atoms with Crippen molar-refractivity contribution in [3.63, 3.8) is 0 Å². The van der Waals surface area contributed by atoms with E-state index in [0.717, 1.165) is 5.56 Å². The van der Waals surface area contributed by atoms with Crippen molar-refractivity contribution >= 4 is 17.6 Å². The molecule has 2 aromatic carbocycles. The Balaban J connectivity index is 1.72. The molecular formula is C17H16FNO4. The summed E-state index contributed by atoms with van der Waals surface area (Å²) in [5, 5.41) is 2.65. The number of hydrogen-bond acceptors (Lipinski definition) is 4. The topological polar surface area (TPSA) is 64.6 Å². The molecule has 0 heterocycles. The van der Waals surface area contributed by atoms with E-state index in [9.17, 15) is 14.0 Å². The first kappa shape index (κ1) is 16.5. The van der Waals surface area contributed by atoms with Gasteiger partial charge in [-0.3, -0.25) is 4.79 Å². The number of para-hydroxylation sites is 1. The molecule has 0 aromatic heterocycles. The van der Waals surface area contributed by atoms with E-state index in [0.29, 0.717) is 11.4 Å². The molecule has 1 amide bonds. The number of hydrogen-bond donors (Lipinski definition) is 1. The van der Waals surface area contributed by atoms with Crippen molar-refractivity contribution in [1.29, 1.82) is 0 Å². The van der Waals surface area contributed by atoms with Gasteiger partial charge in [0.2, 0.25) is 0 Å². The lowest BCUT2D eigenvalue weighted by molar-refractivity contribution is -0.149. The highest BCUT2D eigenvalue weighted by molar-refractivity contribution is 5.93. The van der Waals surface area contributed by atoms with Crippen molar-refractivity contribution in [2.75, 3.05) is 18.5 Å². The van der Waals surface area contributed by atoms with Gasteiger partial charge in [0.1, 0.15) is 11.6 Å². The van der Waals surface area contributed by atoms with Gasteiger partial charge in [-0.1, -0.05) is 18.2 Å². The van der Waals surface area contributed by atoms with E-state index in [-0.39, 0.29) is 6.61 Å². The van der Waals surface area contributed by atoms with Crippen LogP contribution in [0.3, 0.4) is 0 Å². The molecule has 0 radical (unpaired) electrons. The summed E-state index contributed by atoms with van der Waals surface area (Å²) in [4.78, 5) is 23.2. The van der Waals surface area contributed by atoms with Gasteiger partial charge in [-0.2, -0.15) is 0 Å². The maximum Gasteiger partial charge on any atom is 0.344 e. The van der Waals surface area contributed by atoms with Crippen LogP contribution in [-0.2, 0) is 14.3 Å². The lowest BCUT2D eigenvalue weighted by Gasteiger charge is -2.09. The Morgan fingerprint density at radius 1 is 1.04 bits per heavy atom. The van der Waals surface area contributed by atoms with Crippen LogP contribution >= 0.6 is 0 Å². The quantitative estimate of drug-likeness (QED) is 0.832. The van der Waals surface area contributed by atoms with E-state index in [1.54, 1.807) is 12.1 Å². The molecule has 0 bridgehead atoms. The number of carbonyl (C=O) groups excluding carboxylic acids is 2. The Kier molecular flexibility index (Phi) is 5.68. The lowest BCUT2D eigenvalue weighted by Crippen LogP contribution is -2.23. The fourth-order valence-electron chi connectivity index (χ4n) is 1.76. The predicted octanol–water partition coefficient (Wildman–Crippen LogP) is 2.69.